The van der Waals surface area contributed by atoms with Crippen molar-refractivity contribution in [2.75, 3.05) is 13.1 Å². The van der Waals surface area contributed by atoms with Gasteiger partial charge in [-0.2, -0.15) is 0 Å². The molecule has 0 bridgehead atoms. The fourth-order valence-electron chi connectivity index (χ4n) is 2.36. The van der Waals surface area contributed by atoms with Crippen LogP contribution in [-0.2, 0) is 0 Å². The van der Waals surface area contributed by atoms with Crippen molar-refractivity contribution in [2.45, 2.75) is 46.2 Å². The van der Waals surface area contributed by atoms with E-state index in [1.807, 2.05) is 18.3 Å². The Morgan fingerprint density at radius 3 is 2.44 bits per heavy atom. The minimum absolute atomic E-state index is 0.138. The zero-order valence-electron chi connectivity index (χ0n) is 12.1. The molecule has 0 aliphatic rings. The number of nitrogens with zero attached hydrogens (tertiary/aromatic N) is 2. The SMILES string of the molecule is CCC(N)C(c1ccccn1)N(CC)CC(C)C. The number of likely N-dealkylation sites (N-methyl/N-ethyl adjacent to an activating group) is 1. The summed E-state index contributed by atoms with van der Waals surface area (Å²) >= 11 is 0. The molecular weight excluding hydrogens is 222 g/mol. The van der Waals surface area contributed by atoms with Crippen LogP contribution in [-0.4, -0.2) is 29.0 Å². The van der Waals surface area contributed by atoms with Gasteiger partial charge in [-0.3, -0.25) is 9.88 Å². The molecule has 0 saturated carbocycles. The first kappa shape index (κ1) is 15.1. The number of hydrogen-bond donors (Lipinski definition) is 1. The Morgan fingerprint density at radius 2 is 2.00 bits per heavy atom. The number of aromatic nitrogens is 1. The summed E-state index contributed by atoms with van der Waals surface area (Å²) in [4.78, 5) is 6.95. The summed E-state index contributed by atoms with van der Waals surface area (Å²) in [6.07, 6.45) is 2.82. The molecule has 18 heavy (non-hydrogen) atoms. The zero-order valence-corrected chi connectivity index (χ0v) is 12.1. The van der Waals surface area contributed by atoms with Gasteiger partial charge in [-0.15, -0.1) is 0 Å². The second-order valence-corrected chi connectivity index (χ2v) is 5.25. The van der Waals surface area contributed by atoms with E-state index in [-0.39, 0.29) is 12.1 Å². The number of nitrogens with two attached hydrogens (primary N) is 1. The molecule has 1 rings (SSSR count). The molecule has 2 atom stereocenters. The lowest BCUT2D eigenvalue weighted by atomic mass is 9.99. The fraction of sp³-hybridized carbons (Fsp3) is 0.667. The van der Waals surface area contributed by atoms with Gasteiger partial charge in [-0.05, 0) is 31.0 Å². The molecule has 2 unspecified atom stereocenters. The molecule has 1 aromatic heterocycles. The highest BCUT2D eigenvalue weighted by atomic mass is 15.2. The van der Waals surface area contributed by atoms with Crippen molar-refractivity contribution in [1.82, 2.24) is 9.88 Å². The molecule has 3 heteroatoms. The Labute approximate surface area is 111 Å². The van der Waals surface area contributed by atoms with E-state index in [2.05, 4.69) is 43.6 Å². The molecule has 0 amide bonds. The summed E-state index contributed by atoms with van der Waals surface area (Å²) in [7, 11) is 0. The minimum Gasteiger partial charge on any atom is -0.326 e. The summed E-state index contributed by atoms with van der Waals surface area (Å²) in [5.74, 6) is 0.639. The maximum Gasteiger partial charge on any atom is 0.0673 e. The van der Waals surface area contributed by atoms with E-state index in [0.717, 1.165) is 25.2 Å². The lowest BCUT2D eigenvalue weighted by Gasteiger charge is -2.35. The summed E-state index contributed by atoms with van der Waals surface area (Å²) in [5, 5.41) is 0. The molecule has 3 nitrogen and oxygen atoms in total. The van der Waals surface area contributed by atoms with E-state index in [1.54, 1.807) is 0 Å². The van der Waals surface area contributed by atoms with Gasteiger partial charge in [0.25, 0.3) is 0 Å². The normalized spacial score (nSPS) is 15.1. The first-order chi connectivity index (χ1) is 8.60. The topological polar surface area (TPSA) is 42.1 Å². The molecule has 0 fully saturated rings. The zero-order chi connectivity index (χ0) is 13.5. The smallest absolute Gasteiger partial charge is 0.0673 e. The average Bonchev–Trinajstić information content (AvgIpc) is 2.38. The van der Waals surface area contributed by atoms with Crippen molar-refractivity contribution >= 4 is 0 Å². The molecule has 1 aromatic rings. The van der Waals surface area contributed by atoms with Crippen LogP contribution in [0, 0.1) is 5.92 Å². The van der Waals surface area contributed by atoms with Crippen LogP contribution >= 0.6 is 0 Å². The van der Waals surface area contributed by atoms with Crippen molar-refractivity contribution < 1.29 is 0 Å². The Morgan fingerprint density at radius 1 is 1.28 bits per heavy atom. The number of pyridine rings is 1. The van der Waals surface area contributed by atoms with Crippen molar-refractivity contribution in [1.29, 1.82) is 0 Å². The maximum absolute atomic E-state index is 6.32. The van der Waals surface area contributed by atoms with Crippen LogP contribution in [0.25, 0.3) is 0 Å². The average molecular weight is 249 g/mol. The predicted octanol–water partition coefficient (Wildman–Crippen LogP) is 2.84. The van der Waals surface area contributed by atoms with Gasteiger partial charge in [0, 0.05) is 18.8 Å². The third kappa shape index (κ3) is 4.07. The largest absolute Gasteiger partial charge is 0.326 e. The van der Waals surface area contributed by atoms with Gasteiger partial charge in [-0.25, -0.2) is 0 Å². The van der Waals surface area contributed by atoms with E-state index in [4.69, 9.17) is 5.73 Å². The molecule has 0 aliphatic heterocycles. The lowest BCUT2D eigenvalue weighted by molar-refractivity contribution is 0.156. The van der Waals surface area contributed by atoms with Gasteiger partial charge in [0.1, 0.15) is 0 Å². The Hall–Kier alpha value is -0.930. The quantitative estimate of drug-likeness (QED) is 0.808. The summed E-state index contributed by atoms with van der Waals surface area (Å²) in [6.45, 7) is 10.9. The molecule has 1 heterocycles. The first-order valence-corrected chi connectivity index (χ1v) is 7.00. The van der Waals surface area contributed by atoms with Crippen LogP contribution < -0.4 is 5.73 Å². The van der Waals surface area contributed by atoms with Gasteiger partial charge in [-0.1, -0.05) is 33.8 Å². The molecule has 0 saturated heterocycles. The molecule has 102 valence electrons. The van der Waals surface area contributed by atoms with E-state index < -0.39 is 0 Å². The van der Waals surface area contributed by atoms with Gasteiger partial charge >= 0.3 is 0 Å². The molecule has 2 N–H and O–H groups in total. The highest BCUT2D eigenvalue weighted by Gasteiger charge is 2.26. The lowest BCUT2D eigenvalue weighted by Crippen LogP contribution is -2.42. The standard InChI is InChI=1S/C15H27N3/c1-5-13(16)15(14-9-7-8-10-17-14)18(6-2)11-12(3)4/h7-10,12-13,15H,5-6,11,16H2,1-4H3. The van der Waals surface area contributed by atoms with Gasteiger partial charge < -0.3 is 5.73 Å². The Balaban J connectivity index is 2.96. The maximum atomic E-state index is 6.32. The van der Waals surface area contributed by atoms with E-state index >= 15 is 0 Å². The van der Waals surface area contributed by atoms with Crippen molar-refractivity contribution in [3.63, 3.8) is 0 Å². The van der Waals surface area contributed by atoms with Gasteiger partial charge in [0.15, 0.2) is 0 Å². The Bertz CT molecular complexity index is 324. The second kappa shape index (κ2) is 7.49. The first-order valence-electron chi connectivity index (χ1n) is 7.00. The third-order valence-electron chi connectivity index (χ3n) is 3.27. The summed E-state index contributed by atoms with van der Waals surface area (Å²) < 4.78 is 0. The van der Waals surface area contributed by atoms with Crippen LogP contribution in [0.1, 0.15) is 45.9 Å². The van der Waals surface area contributed by atoms with Crippen LogP contribution in [0.15, 0.2) is 24.4 Å². The van der Waals surface area contributed by atoms with Gasteiger partial charge in [0.2, 0.25) is 0 Å². The molecule has 0 aliphatic carbocycles. The number of hydrogen-bond acceptors (Lipinski definition) is 3. The van der Waals surface area contributed by atoms with Crippen LogP contribution in [0.4, 0.5) is 0 Å². The molecule has 0 spiro atoms. The van der Waals surface area contributed by atoms with E-state index in [0.29, 0.717) is 5.92 Å². The molecular formula is C15H27N3. The third-order valence-corrected chi connectivity index (χ3v) is 3.27. The highest BCUT2D eigenvalue weighted by molar-refractivity contribution is 5.11. The second-order valence-electron chi connectivity index (χ2n) is 5.25. The van der Waals surface area contributed by atoms with E-state index in [1.165, 1.54) is 0 Å². The molecule has 0 aromatic carbocycles. The summed E-state index contributed by atoms with van der Waals surface area (Å²) in [5.41, 5.74) is 7.41. The highest BCUT2D eigenvalue weighted by Crippen LogP contribution is 2.24. The van der Waals surface area contributed by atoms with Gasteiger partial charge in [0.05, 0.1) is 11.7 Å². The van der Waals surface area contributed by atoms with Crippen molar-refractivity contribution in [3.8, 4) is 0 Å². The van der Waals surface area contributed by atoms with Crippen LogP contribution in [0.3, 0.4) is 0 Å². The number of rotatable bonds is 7. The molecule has 0 radical (unpaired) electrons. The van der Waals surface area contributed by atoms with Crippen LogP contribution in [0.5, 0.6) is 0 Å². The minimum atomic E-state index is 0.138. The van der Waals surface area contributed by atoms with E-state index in [9.17, 15) is 0 Å². The van der Waals surface area contributed by atoms with Crippen molar-refractivity contribution in [3.05, 3.63) is 30.1 Å². The fourth-order valence-corrected chi connectivity index (χ4v) is 2.36. The Kier molecular flexibility index (Phi) is 6.30. The summed E-state index contributed by atoms with van der Waals surface area (Å²) in [6, 6.07) is 6.45. The predicted molar refractivity (Wildman–Crippen MR) is 77.3 cm³/mol. The van der Waals surface area contributed by atoms with Crippen LogP contribution in [0.2, 0.25) is 0 Å². The monoisotopic (exact) mass is 249 g/mol. The van der Waals surface area contributed by atoms with Crippen molar-refractivity contribution in [2.24, 2.45) is 11.7 Å².